The number of hydrogen-bond donors (Lipinski definition) is 3. The summed E-state index contributed by atoms with van der Waals surface area (Å²) >= 11 is 0. The standard InChI is InChI=1S/C27H29N3O5S/c1-27(2,3)30-36(33,34)24-8-6-5-7-23(24)19-9-11-20(12-10-19)28-25(31)17-18-26(32)29-21-13-15-22(35-4)16-14-21/h5-18,30H,1-4H3,(H,28,31)(H,29,32)/b18-17-. The third-order valence-electron chi connectivity index (χ3n) is 4.82. The second-order valence-corrected chi connectivity index (χ2v) is 10.6. The molecule has 0 bridgehead atoms. The number of nitrogens with one attached hydrogen (secondary N) is 3. The maximum atomic E-state index is 12.9. The Labute approximate surface area is 211 Å². The Kier molecular flexibility index (Phi) is 8.29. The minimum Gasteiger partial charge on any atom is -0.497 e. The summed E-state index contributed by atoms with van der Waals surface area (Å²) in [6, 6.07) is 20.3. The lowest BCUT2D eigenvalue weighted by Gasteiger charge is -2.21. The Morgan fingerprint density at radius 2 is 1.28 bits per heavy atom. The molecule has 0 spiro atoms. The molecule has 0 radical (unpaired) electrons. The maximum absolute atomic E-state index is 12.9. The van der Waals surface area contributed by atoms with Gasteiger partial charge in [-0.2, -0.15) is 0 Å². The van der Waals surface area contributed by atoms with Crippen molar-refractivity contribution >= 4 is 33.2 Å². The van der Waals surface area contributed by atoms with Crippen LogP contribution in [-0.2, 0) is 19.6 Å². The van der Waals surface area contributed by atoms with Crippen molar-refractivity contribution in [1.82, 2.24) is 4.72 Å². The van der Waals surface area contributed by atoms with Crippen LogP contribution in [0.5, 0.6) is 5.75 Å². The summed E-state index contributed by atoms with van der Waals surface area (Å²) in [4.78, 5) is 24.5. The highest BCUT2D eigenvalue weighted by Crippen LogP contribution is 2.29. The van der Waals surface area contributed by atoms with E-state index in [1.807, 2.05) is 0 Å². The first kappa shape index (κ1) is 26.7. The number of anilines is 2. The Morgan fingerprint density at radius 3 is 1.78 bits per heavy atom. The number of methoxy groups -OCH3 is 1. The quantitative estimate of drug-likeness (QED) is 0.387. The van der Waals surface area contributed by atoms with Gasteiger partial charge in [-0.3, -0.25) is 9.59 Å². The molecule has 0 aliphatic rings. The van der Waals surface area contributed by atoms with E-state index in [4.69, 9.17) is 4.74 Å². The van der Waals surface area contributed by atoms with Crippen LogP contribution in [0.15, 0.2) is 89.8 Å². The van der Waals surface area contributed by atoms with E-state index in [2.05, 4.69) is 15.4 Å². The Morgan fingerprint density at radius 1 is 0.778 bits per heavy atom. The van der Waals surface area contributed by atoms with Gasteiger partial charge in [-0.25, -0.2) is 13.1 Å². The van der Waals surface area contributed by atoms with Crippen LogP contribution >= 0.6 is 0 Å². The van der Waals surface area contributed by atoms with E-state index in [1.54, 1.807) is 101 Å². The molecule has 0 fully saturated rings. The molecule has 3 N–H and O–H groups in total. The average molecular weight is 508 g/mol. The van der Waals surface area contributed by atoms with Gasteiger partial charge in [-0.15, -0.1) is 0 Å². The van der Waals surface area contributed by atoms with E-state index in [-0.39, 0.29) is 4.90 Å². The average Bonchev–Trinajstić information content (AvgIpc) is 2.82. The van der Waals surface area contributed by atoms with Crippen LogP contribution in [0.1, 0.15) is 20.8 Å². The van der Waals surface area contributed by atoms with Gasteiger partial charge in [0.25, 0.3) is 0 Å². The largest absolute Gasteiger partial charge is 0.497 e. The molecule has 0 aliphatic heterocycles. The van der Waals surface area contributed by atoms with E-state index in [9.17, 15) is 18.0 Å². The number of ether oxygens (including phenoxy) is 1. The summed E-state index contributed by atoms with van der Waals surface area (Å²) in [6.07, 6.45) is 2.27. The van der Waals surface area contributed by atoms with Gasteiger partial charge >= 0.3 is 0 Å². The van der Waals surface area contributed by atoms with Crippen LogP contribution < -0.4 is 20.1 Å². The molecule has 0 atom stereocenters. The molecule has 36 heavy (non-hydrogen) atoms. The van der Waals surface area contributed by atoms with Crippen molar-refractivity contribution in [2.75, 3.05) is 17.7 Å². The number of rotatable bonds is 8. The zero-order valence-corrected chi connectivity index (χ0v) is 21.3. The van der Waals surface area contributed by atoms with E-state index < -0.39 is 27.4 Å². The molecule has 3 aromatic rings. The normalized spacial score (nSPS) is 11.8. The second-order valence-electron chi connectivity index (χ2n) is 8.97. The van der Waals surface area contributed by atoms with Crippen LogP contribution in [-0.4, -0.2) is 32.9 Å². The first-order valence-electron chi connectivity index (χ1n) is 11.1. The van der Waals surface area contributed by atoms with Crippen molar-refractivity contribution in [3.05, 3.63) is 84.9 Å². The number of hydrogen-bond acceptors (Lipinski definition) is 5. The predicted molar refractivity (Wildman–Crippen MR) is 141 cm³/mol. The molecule has 3 rings (SSSR count). The first-order chi connectivity index (χ1) is 17.0. The fourth-order valence-electron chi connectivity index (χ4n) is 3.32. The van der Waals surface area contributed by atoms with Crippen LogP contribution in [0.25, 0.3) is 11.1 Å². The Balaban J connectivity index is 1.66. The lowest BCUT2D eigenvalue weighted by molar-refractivity contribution is -0.114. The smallest absolute Gasteiger partial charge is 0.248 e. The van der Waals surface area contributed by atoms with Crippen LogP contribution in [0.2, 0.25) is 0 Å². The number of sulfonamides is 1. The van der Waals surface area contributed by atoms with Crippen molar-refractivity contribution in [2.45, 2.75) is 31.2 Å². The van der Waals surface area contributed by atoms with E-state index >= 15 is 0 Å². The first-order valence-corrected chi connectivity index (χ1v) is 12.6. The van der Waals surface area contributed by atoms with E-state index in [0.29, 0.717) is 28.3 Å². The van der Waals surface area contributed by atoms with Gasteiger partial charge in [-0.05, 0) is 68.8 Å². The molecule has 0 unspecified atom stereocenters. The number of benzene rings is 3. The third kappa shape index (κ3) is 7.53. The molecule has 188 valence electrons. The van der Waals surface area contributed by atoms with Crippen molar-refractivity contribution in [2.24, 2.45) is 0 Å². The Hall–Kier alpha value is -3.95. The van der Waals surface area contributed by atoms with Crippen LogP contribution in [0.3, 0.4) is 0 Å². The summed E-state index contributed by atoms with van der Waals surface area (Å²) in [7, 11) is -2.19. The molecule has 9 heteroatoms. The highest BCUT2D eigenvalue weighted by atomic mass is 32.2. The molecule has 0 aliphatic carbocycles. The molecule has 0 saturated carbocycles. The monoisotopic (exact) mass is 507 g/mol. The SMILES string of the molecule is COc1ccc(NC(=O)/C=C\C(=O)Nc2ccc(-c3ccccc3S(=O)(=O)NC(C)(C)C)cc2)cc1. The van der Waals surface area contributed by atoms with Crippen LogP contribution in [0.4, 0.5) is 11.4 Å². The minimum absolute atomic E-state index is 0.169. The van der Waals surface area contributed by atoms with E-state index in [1.165, 1.54) is 0 Å². The van der Waals surface area contributed by atoms with Gasteiger partial charge in [-0.1, -0.05) is 30.3 Å². The number of amides is 2. The molecule has 0 heterocycles. The summed E-state index contributed by atoms with van der Waals surface area (Å²) in [5.74, 6) is -0.266. The van der Waals surface area contributed by atoms with Gasteiger partial charge in [0.15, 0.2) is 0 Å². The predicted octanol–water partition coefficient (Wildman–Crippen LogP) is 4.57. The van der Waals surface area contributed by atoms with E-state index in [0.717, 1.165) is 12.2 Å². The fraction of sp³-hybridized carbons (Fsp3) is 0.185. The molecule has 8 nitrogen and oxygen atoms in total. The lowest BCUT2D eigenvalue weighted by Crippen LogP contribution is -2.40. The molecular weight excluding hydrogens is 478 g/mol. The van der Waals surface area contributed by atoms with Crippen molar-refractivity contribution in [3.63, 3.8) is 0 Å². The summed E-state index contributed by atoms with van der Waals surface area (Å²) in [5, 5.41) is 5.33. The van der Waals surface area contributed by atoms with Crippen LogP contribution in [0, 0.1) is 0 Å². The number of carbonyl (C=O) groups is 2. The number of carbonyl (C=O) groups excluding carboxylic acids is 2. The fourth-order valence-corrected chi connectivity index (χ4v) is 4.97. The van der Waals surface area contributed by atoms with Gasteiger partial charge < -0.3 is 15.4 Å². The molecule has 0 saturated heterocycles. The van der Waals surface area contributed by atoms with Gasteiger partial charge in [0, 0.05) is 34.6 Å². The minimum atomic E-state index is -3.74. The Bertz CT molecular complexity index is 1360. The van der Waals surface area contributed by atoms with Crippen molar-refractivity contribution in [3.8, 4) is 16.9 Å². The van der Waals surface area contributed by atoms with Gasteiger partial charge in [0.2, 0.25) is 21.8 Å². The zero-order chi connectivity index (χ0) is 26.3. The van der Waals surface area contributed by atoms with Gasteiger partial charge in [0.05, 0.1) is 12.0 Å². The molecule has 2 amide bonds. The summed E-state index contributed by atoms with van der Waals surface area (Å²) in [5.41, 5.74) is 1.66. The molecule has 0 aromatic heterocycles. The zero-order valence-electron chi connectivity index (χ0n) is 20.5. The summed E-state index contributed by atoms with van der Waals surface area (Å²) in [6.45, 7) is 5.34. The molecule has 3 aromatic carbocycles. The maximum Gasteiger partial charge on any atom is 0.248 e. The topological polar surface area (TPSA) is 114 Å². The molecular formula is C27H29N3O5S. The lowest BCUT2D eigenvalue weighted by atomic mass is 10.1. The highest BCUT2D eigenvalue weighted by molar-refractivity contribution is 7.89. The summed E-state index contributed by atoms with van der Waals surface area (Å²) < 4.78 is 33.6. The van der Waals surface area contributed by atoms with Crippen molar-refractivity contribution in [1.29, 1.82) is 0 Å². The third-order valence-corrected chi connectivity index (χ3v) is 6.64. The van der Waals surface area contributed by atoms with Crippen molar-refractivity contribution < 1.29 is 22.7 Å². The second kappa shape index (κ2) is 11.2. The van der Waals surface area contributed by atoms with Gasteiger partial charge in [0.1, 0.15) is 5.75 Å². The highest BCUT2D eigenvalue weighted by Gasteiger charge is 2.24.